The van der Waals surface area contributed by atoms with Gasteiger partial charge < -0.3 is 0 Å². The fourth-order valence-corrected chi connectivity index (χ4v) is 2.53. The topological polar surface area (TPSA) is 24.7 Å². The molecule has 0 aromatic rings. The maximum atomic E-state index is 4.19. The second-order valence-electron chi connectivity index (χ2n) is 5.61. The van der Waals surface area contributed by atoms with Crippen LogP contribution in [0.1, 0.15) is 90.4 Å². The van der Waals surface area contributed by atoms with Gasteiger partial charge in [0, 0.05) is 0 Å². The third-order valence-corrected chi connectivity index (χ3v) is 3.77. The van der Waals surface area contributed by atoms with Crippen LogP contribution in [0.4, 0.5) is 0 Å². The van der Waals surface area contributed by atoms with Gasteiger partial charge in [-0.2, -0.15) is 0 Å². The first-order valence-electron chi connectivity index (χ1n) is 8.36. The largest absolute Gasteiger partial charge is 0.240 e. The van der Waals surface area contributed by atoms with Gasteiger partial charge in [0.25, 0.3) is 0 Å². The van der Waals surface area contributed by atoms with E-state index in [1.165, 1.54) is 77.0 Å². The molecule has 1 rings (SSSR count). The smallest absolute Gasteiger partial charge is 0.0968 e. The Hall–Kier alpha value is -0.790. The van der Waals surface area contributed by atoms with Gasteiger partial charge in [0.1, 0.15) is 0 Å². The first-order chi connectivity index (χ1) is 9.43. The lowest BCUT2D eigenvalue weighted by Gasteiger charge is -2.02. The van der Waals surface area contributed by atoms with E-state index in [9.17, 15) is 0 Å². The summed E-state index contributed by atoms with van der Waals surface area (Å²) in [6.45, 7) is 2.28. The molecule has 0 saturated heterocycles. The van der Waals surface area contributed by atoms with Crippen LogP contribution in [0.2, 0.25) is 0 Å². The van der Waals surface area contributed by atoms with Crippen molar-refractivity contribution in [1.82, 2.24) is 0 Å². The molecular weight excluding hydrogens is 232 g/mol. The molecule has 0 spiro atoms. The van der Waals surface area contributed by atoms with Crippen LogP contribution in [0.15, 0.2) is 9.98 Å². The van der Waals surface area contributed by atoms with Crippen LogP contribution in [-0.4, -0.2) is 12.4 Å². The van der Waals surface area contributed by atoms with Gasteiger partial charge in [-0.15, -0.1) is 0 Å². The third kappa shape index (κ3) is 9.75. The van der Waals surface area contributed by atoms with Crippen LogP contribution >= 0.6 is 0 Å². The molecule has 19 heavy (non-hydrogen) atoms. The van der Waals surface area contributed by atoms with E-state index in [0.29, 0.717) is 0 Å². The zero-order chi connectivity index (χ0) is 13.6. The Balaban J connectivity index is 1.69. The Morgan fingerprint density at radius 3 is 1.53 bits per heavy atom. The third-order valence-electron chi connectivity index (χ3n) is 3.77. The number of hydrogen-bond donors (Lipinski definition) is 0. The summed E-state index contributed by atoms with van der Waals surface area (Å²) >= 11 is 0. The Morgan fingerprint density at radius 2 is 1.05 bits per heavy atom. The summed E-state index contributed by atoms with van der Waals surface area (Å²) in [6.07, 6.45) is 22.5. The monoisotopic (exact) mass is 263 g/mol. The fourth-order valence-electron chi connectivity index (χ4n) is 2.53. The Kier molecular flexibility index (Phi) is 10.5. The van der Waals surface area contributed by atoms with E-state index >= 15 is 0 Å². The van der Waals surface area contributed by atoms with Crippen LogP contribution < -0.4 is 0 Å². The molecule has 1 aliphatic heterocycles. The highest BCUT2D eigenvalue weighted by atomic mass is 15.0. The SMILES string of the molecule is CCCCCCCCCCCCCC[C+]1N=CC=N1. The Bertz CT molecular complexity index is 234. The normalized spacial score (nSPS) is 13.6. The van der Waals surface area contributed by atoms with Gasteiger partial charge in [-0.05, 0) is 6.42 Å². The van der Waals surface area contributed by atoms with Crippen LogP contribution in [0, 0.1) is 6.17 Å². The summed E-state index contributed by atoms with van der Waals surface area (Å²) in [5.41, 5.74) is 0. The summed E-state index contributed by atoms with van der Waals surface area (Å²) in [4.78, 5) is 8.39. The second-order valence-corrected chi connectivity index (χ2v) is 5.61. The minimum atomic E-state index is 1.02. The van der Waals surface area contributed by atoms with Gasteiger partial charge in [-0.25, -0.2) is 0 Å². The molecule has 0 aromatic carbocycles. The van der Waals surface area contributed by atoms with Crippen molar-refractivity contribution in [2.24, 2.45) is 9.98 Å². The van der Waals surface area contributed by atoms with Crippen molar-refractivity contribution < 1.29 is 0 Å². The minimum absolute atomic E-state index is 1.02. The van der Waals surface area contributed by atoms with Crippen molar-refractivity contribution in [3.63, 3.8) is 0 Å². The highest BCUT2D eigenvalue weighted by Gasteiger charge is 2.14. The average Bonchev–Trinajstić information content (AvgIpc) is 2.93. The maximum absolute atomic E-state index is 4.19. The predicted octanol–water partition coefficient (Wildman–Crippen LogP) is 5.72. The Labute approximate surface area is 119 Å². The molecule has 0 amide bonds. The van der Waals surface area contributed by atoms with E-state index in [1.807, 2.05) is 0 Å². The highest BCUT2D eigenvalue weighted by Crippen LogP contribution is 2.18. The lowest BCUT2D eigenvalue weighted by atomic mass is 10.0. The number of hydrogen-bond acceptors (Lipinski definition) is 2. The van der Waals surface area contributed by atoms with Crippen molar-refractivity contribution in [3.05, 3.63) is 6.17 Å². The predicted molar refractivity (Wildman–Crippen MR) is 85.9 cm³/mol. The van der Waals surface area contributed by atoms with Gasteiger partial charge in [-0.1, -0.05) is 87.5 Å². The molecule has 0 bridgehead atoms. The molecule has 0 N–H and O–H groups in total. The van der Waals surface area contributed by atoms with Crippen molar-refractivity contribution >= 4 is 12.4 Å². The molecule has 0 saturated carbocycles. The summed E-state index contributed by atoms with van der Waals surface area (Å²) in [5.74, 6) is 0. The molecule has 2 heteroatoms. The van der Waals surface area contributed by atoms with Crippen LogP contribution in [0.3, 0.4) is 0 Å². The summed E-state index contributed by atoms with van der Waals surface area (Å²) in [7, 11) is 0. The van der Waals surface area contributed by atoms with Crippen molar-refractivity contribution in [1.29, 1.82) is 0 Å². The van der Waals surface area contributed by atoms with Gasteiger partial charge >= 0.3 is 0 Å². The quantitative estimate of drug-likeness (QED) is 0.300. The van der Waals surface area contributed by atoms with E-state index < -0.39 is 0 Å². The molecule has 0 unspecified atom stereocenters. The van der Waals surface area contributed by atoms with Crippen LogP contribution in [0.5, 0.6) is 0 Å². The van der Waals surface area contributed by atoms with E-state index in [2.05, 4.69) is 16.9 Å². The average molecular weight is 263 g/mol. The lowest BCUT2D eigenvalue weighted by molar-refractivity contribution is 0.540. The zero-order valence-corrected chi connectivity index (χ0v) is 12.7. The molecule has 0 atom stereocenters. The van der Waals surface area contributed by atoms with Crippen molar-refractivity contribution in [2.45, 2.75) is 90.4 Å². The molecule has 0 fully saturated rings. The van der Waals surface area contributed by atoms with Crippen molar-refractivity contribution in [2.75, 3.05) is 0 Å². The van der Waals surface area contributed by atoms with Crippen LogP contribution in [-0.2, 0) is 0 Å². The van der Waals surface area contributed by atoms with Gasteiger partial charge in [0.2, 0.25) is 6.17 Å². The van der Waals surface area contributed by atoms with E-state index in [1.54, 1.807) is 12.4 Å². The maximum Gasteiger partial charge on any atom is 0.240 e. The molecule has 1 heterocycles. The summed E-state index contributed by atoms with van der Waals surface area (Å²) in [5, 5.41) is 0. The zero-order valence-electron chi connectivity index (χ0n) is 12.7. The molecule has 108 valence electrons. The molecule has 0 aliphatic carbocycles. The van der Waals surface area contributed by atoms with Crippen molar-refractivity contribution in [3.8, 4) is 0 Å². The van der Waals surface area contributed by atoms with E-state index in [4.69, 9.17) is 0 Å². The first kappa shape index (κ1) is 16.3. The lowest BCUT2D eigenvalue weighted by Crippen LogP contribution is -1.87. The number of rotatable bonds is 13. The second kappa shape index (κ2) is 12.3. The van der Waals surface area contributed by atoms with E-state index in [0.717, 1.165) is 12.6 Å². The van der Waals surface area contributed by atoms with Crippen LogP contribution in [0.25, 0.3) is 0 Å². The number of aliphatic imine (C=N–C) groups is 2. The minimum Gasteiger partial charge on any atom is -0.0968 e. The molecule has 0 radical (unpaired) electrons. The molecular formula is C17H31N2+. The first-order valence-corrected chi connectivity index (χ1v) is 8.36. The van der Waals surface area contributed by atoms with Gasteiger partial charge in [0.05, 0.1) is 6.42 Å². The standard InChI is InChI=1S/C17H31N2/c1-2-3-4-5-6-7-8-9-10-11-12-13-14-17-18-15-16-19-17/h15-16H,2-14H2,1H3/q+1. The molecule has 1 aliphatic rings. The summed E-state index contributed by atoms with van der Waals surface area (Å²) < 4.78 is 0. The summed E-state index contributed by atoms with van der Waals surface area (Å²) in [6, 6.07) is 0. The van der Waals surface area contributed by atoms with E-state index in [-0.39, 0.29) is 0 Å². The fraction of sp³-hybridized carbons (Fsp3) is 0.824. The van der Waals surface area contributed by atoms with Gasteiger partial charge in [-0.3, -0.25) is 0 Å². The number of unbranched alkanes of at least 4 members (excludes halogenated alkanes) is 11. The molecule has 0 aromatic heterocycles. The Morgan fingerprint density at radius 1 is 0.632 bits per heavy atom. The number of nitrogens with zero attached hydrogens (tertiary/aromatic N) is 2. The molecule has 2 nitrogen and oxygen atoms in total. The highest BCUT2D eigenvalue weighted by molar-refractivity contribution is 6.18. The van der Waals surface area contributed by atoms with Gasteiger partial charge in [0.15, 0.2) is 12.4 Å².